The molecule has 0 saturated heterocycles. The Labute approximate surface area is 207 Å². The molecule has 9 heteroatoms. The molecule has 3 rings (SSSR count). The average Bonchev–Trinajstić information content (AvgIpc) is 2.79. The second kappa shape index (κ2) is 11.2. The SMILES string of the molecule is COc1ccc(Cl)cc1S(=O)(=O)NC(Cc1ccccc1)C(=O)NC(C)c1cccc(Br)c1. The van der Waals surface area contributed by atoms with Crippen molar-refractivity contribution in [2.45, 2.75) is 30.3 Å². The molecule has 0 aliphatic rings. The molecular formula is C24H24BrClN2O4S. The van der Waals surface area contributed by atoms with Crippen molar-refractivity contribution < 1.29 is 17.9 Å². The van der Waals surface area contributed by atoms with Gasteiger partial charge >= 0.3 is 0 Å². The molecule has 6 nitrogen and oxygen atoms in total. The fraction of sp³-hybridized carbons (Fsp3) is 0.208. The van der Waals surface area contributed by atoms with Crippen molar-refractivity contribution in [1.29, 1.82) is 0 Å². The van der Waals surface area contributed by atoms with Gasteiger partial charge in [-0.2, -0.15) is 4.72 Å². The molecular weight excluding hydrogens is 528 g/mol. The summed E-state index contributed by atoms with van der Waals surface area (Å²) in [4.78, 5) is 13.1. The molecule has 0 radical (unpaired) electrons. The summed E-state index contributed by atoms with van der Waals surface area (Å²) >= 11 is 9.46. The number of amides is 1. The summed E-state index contributed by atoms with van der Waals surface area (Å²) in [7, 11) is -2.75. The summed E-state index contributed by atoms with van der Waals surface area (Å²) in [5, 5.41) is 3.15. The second-order valence-corrected chi connectivity index (χ2v) is 10.5. The van der Waals surface area contributed by atoms with E-state index in [0.29, 0.717) is 0 Å². The van der Waals surface area contributed by atoms with E-state index in [9.17, 15) is 13.2 Å². The van der Waals surface area contributed by atoms with Crippen LogP contribution in [0.4, 0.5) is 0 Å². The number of carbonyl (C=O) groups is 1. The number of carbonyl (C=O) groups excluding carboxylic acids is 1. The molecule has 0 saturated carbocycles. The maximum atomic E-state index is 13.2. The highest BCUT2D eigenvalue weighted by molar-refractivity contribution is 9.10. The van der Waals surface area contributed by atoms with Crippen molar-refractivity contribution in [2.24, 2.45) is 0 Å². The van der Waals surface area contributed by atoms with Gasteiger partial charge in [0, 0.05) is 9.50 Å². The summed E-state index contributed by atoms with van der Waals surface area (Å²) in [5.74, 6) is -0.316. The number of methoxy groups -OCH3 is 1. The van der Waals surface area contributed by atoms with Crippen LogP contribution in [0.5, 0.6) is 5.75 Å². The summed E-state index contributed by atoms with van der Waals surface area (Å²) in [6.45, 7) is 1.84. The summed E-state index contributed by atoms with van der Waals surface area (Å²) in [5.41, 5.74) is 1.70. The minimum absolute atomic E-state index is 0.133. The van der Waals surface area contributed by atoms with Gasteiger partial charge in [-0.3, -0.25) is 4.79 Å². The topological polar surface area (TPSA) is 84.5 Å². The van der Waals surface area contributed by atoms with Crippen LogP contribution in [-0.4, -0.2) is 27.5 Å². The molecule has 0 aliphatic carbocycles. The molecule has 0 spiro atoms. The fourth-order valence-corrected chi connectivity index (χ4v) is 5.37. The third-order valence-corrected chi connectivity index (χ3v) is 7.24. The van der Waals surface area contributed by atoms with Crippen LogP contribution in [0.2, 0.25) is 5.02 Å². The maximum Gasteiger partial charge on any atom is 0.245 e. The van der Waals surface area contributed by atoms with Crippen LogP contribution in [0.3, 0.4) is 0 Å². The van der Waals surface area contributed by atoms with Gasteiger partial charge in [-0.05, 0) is 54.8 Å². The number of nitrogens with one attached hydrogen (secondary N) is 2. The minimum Gasteiger partial charge on any atom is -0.495 e. The van der Waals surface area contributed by atoms with Crippen LogP contribution in [0, 0.1) is 0 Å². The molecule has 0 aromatic heterocycles. The van der Waals surface area contributed by atoms with Crippen LogP contribution >= 0.6 is 27.5 Å². The predicted octanol–water partition coefficient (Wildman–Crippen LogP) is 4.88. The average molecular weight is 552 g/mol. The molecule has 0 bridgehead atoms. The van der Waals surface area contributed by atoms with E-state index in [-0.39, 0.29) is 28.1 Å². The molecule has 2 atom stereocenters. The first-order chi connectivity index (χ1) is 15.7. The summed E-state index contributed by atoms with van der Waals surface area (Å²) in [6.07, 6.45) is 0.167. The first-order valence-corrected chi connectivity index (χ1v) is 12.8. The molecule has 2 N–H and O–H groups in total. The number of benzene rings is 3. The van der Waals surface area contributed by atoms with E-state index in [0.717, 1.165) is 15.6 Å². The first-order valence-electron chi connectivity index (χ1n) is 10.1. The van der Waals surface area contributed by atoms with Gasteiger partial charge in [0.05, 0.1) is 13.2 Å². The summed E-state index contributed by atoms with van der Waals surface area (Å²) < 4.78 is 35.1. The van der Waals surface area contributed by atoms with E-state index in [1.54, 1.807) is 0 Å². The van der Waals surface area contributed by atoms with Gasteiger partial charge < -0.3 is 10.1 Å². The van der Waals surface area contributed by atoms with E-state index in [2.05, 4.69) is 26.0 Å². The Morgan fingerprint density at radius 2 is 1.79 bits per heavy atom. The van der Waals surface area contributed by atoms with E-state index in [1.807, 2.05) is 61.5 Å². The number of sulfonamides is 1. The lowest BCUT2D eigenvalue weighted by Crippen LogP contribution is -2.48. The van der Waals surface area contributed by atoms with Gasteiger partial charge in [0.25, 0.3) is 0 Å². The third-order valence-electron chi connectivity index (χ3n) is 5.02. The standard InChI is InChI=1S/C24H24BrClN2O4S/c1-16(18-9-6-10-19(25)14-18)27-24(29)21(13-17-7-4-3-5-8-17)28-33(30,31)23-15-20(26)11-12-22(23)32-2/h3-12,14-16,21,28H,13H2,1-2H3,(H,27,29). The van der Waals surface area contributed by atoms with E-state index >= 15 is 0 Å². The quantitative estimate of drug-likeness (QED) is 0.397. The maximum absolute atomic E-state index is 13.2. The van der Waals surface area contributed by atoms with Crippen molar-refractivity contribution in [3.63, 3.8) is 0 Å². The Kier molecular flexibility index (Phi) is 8.53. The molecule has 0 heterocycles. The minimum atomic E-state index is -4.12. The van der Waals surface area contributed by atoms with E-state index < -0.39 is 22.0 Å². The zero-order chi connectivity index (χ0) is 24.0. The Morgan fingerprint density at radius 3 is 2.45 bits per heavy atom. The van der Waals surface area contributed by atoms with E-state index in [1.165, 1.54) is 25.3 Å². The number of halogens is 2. The molecule has 174 valence electrons. The van der Waals surface area contributed by atoms with Gasteiger partial charge in [-0.15, -0.1) is 0 Å². The molecule has 3 aromatic rings. The Bertz CT molecular complexity index is 1220. The van der Waals surface area contributed by atoms with Crippen molar-refractivity contribution in [2.75, 3.05) is 7.11 Å². The summed E-state index contributed by atoms with van der Waals surface area (Å²) in [6, 6.07) is 19.7. The first kappa shape index (κ1) is 25.2. The Morgan fingerprint density at radius 1 is 1.06 bits per heavy atom. The van der Waals surface area contributed by atoms with Gasteiger partial charge in [-0.25, -0.2) is 8.42 Å². The monoisotopic (exact) mass is 550 g/mol. The van der Waals surface area contributed by atoms with Crippen LogP contribution in [0.1, 0.15) is 24.1 Å². The smallest absolute Gasteiger partial charge is 0.245 e. The number of hydrogen-bond donors (Lipinski definition) is 2. The zero-order valence-electron chi connectivity index (χ0n) is 18.1. The van der Waals surface area contributed by atoms with Gasteiger partial charge in [0.15, 0.2) is 0 Å². The lowest BCUT2D eigenvalue weighted by molar-refractivity contribution is -0.123. The lowest BCUT2D eigenvalue weighted by Gasteiger charge is -2.22. The van der Waals surface area contributed by atoms with Crippen LogP contribution in [0.15, 0.2) is 82.2 Å². The fourth-order valence-electron chi connectivity index (χ4n) is 3.32. The number of rotatable bonds is 9. The van der Waals surface area contributed by atoms with Crippen LogP contribution in [0.25, 0.3) is 0 Å². The molecule has 0 aliphatic heterocycles. The van der Waals surface area contributed by atoms with Crippen LogP contribution in [-0.2, 0) is 21.2 Å². The van der Waals surface area contributed by atoms with Gasteiger partial charge in [0.2, 0.25) is 15.9 Å². The highest BCUT2D eigenvalue weighted by Crippen LogP contribution is 2.27. The van der Waals surface area contributed by atoms with Crippen molar-refractivity contribution in [1.82, 2.24) is 10.0 Å². The third kappa shape index (κ3) is 6.80. The molecule has 3 aromatic carbocycles. The highest BCUT2D eigenvalue weighted by Gasteiger charge is 2.29. The molecule has 2 unspecified atom stereocenters. The van der Waals surface area contributed by atoms with Crippen molar-refractivity contribution in [3.05, 3.63) is 93.4 Å². The normalized spacial score (nSPS) is 13.2. The molecule has 33 heavy (non-hydrogen) atoms. The van der Waals surface area contributed by atoms with E-state index in [4.69, 9.17) is 16.3 Å². The lowest BCUT2D eigenvalue weighted by atomic mass is 10.0. The largest absolute Gasteiger partial charge is 0.495 e. The predicted molar refractivity (Wildman–Crippen MR) is 133 cm³/mol. The molecule has 1 amide bonds. The van der Waals surface area contributed by atoms with Gasteiger partial charge in [0.1, 0.15) is 16.7 Å². The highest BCUT2D eigenvalue weighted by atomic mass is 79.9. The van der Waals surface area contributed by atoms with Crippen LogP contribution < -0.4 is 14.8 Å². The zero-order valence-corrected chi connectivity index (χ0v) is 21.2. The second-order valence-electron chi connectivity index (χ2n) is 7.44. The van der Waals surface area contributed by atoms with Crippen molar-refractivity contribution >= 4 is 43.5 Å². The van der Waals surface area contributed by atoms with Gasteiger partial charge in [-0.1, -0.05) is 70.0 Å². The molecule has 0 fully saturated rings. The Balaban J connectivity index is 1.89. The Hall–Kier alpha value is -2.39. The number of hydrogen-bond acceptors (Lipinski definition) is 4. The number of ether oxygens (including phenoxy) is 1. The van der Waals surface area contributed by atoms with Crippen molar-refractivity contribution in [3.8, 4) is 5.75 Å².